The van der Waals surface area contributed by atoms with Gasteiger partial charge in [0.1, 0.15) is 0 Å². The van der Waals surface area contributed by atoms with Crippen molar-refractivity contribution in [3.8, 4) is 0 Å². The molecule has 1 atom stereocenters. The highest BCUT2D eigenvalue weighted by Crippen LogP contribution is 2.21. The van der Waals surface area contributed by atoms with Crippen LogP contribution in [0.1, 0.15) is 30.1 Å². The molecule has 29 heavy (non-hydrogen) atoms. The molecule has 0 radical (unpaired) electrons. The number of aliphatic hydroxyl groups is 1. The molecule has 10 heteroatoms. The second-order valence-corrected chi connectivity index (χ2v) is 7.66. The number of carbonyl (C=O) groups is 3. The van der Waals surface area contributed by atoms with Gasteiger partial charge in [0.05, 0.1) is 42.0 Å². The van der Waals surface area contributed by atoms with E-state index in [1.165, 1.54) is 34.8 Å². The van der Waals surface area contributed by atoms with Crippen molar-refractivity contribution in [1.82, 2.24) is 14.5 Å². The molecule has 1 N–H and O–H groups in total. The summed E-state index contributed by atoms with van der Waals surface area (Å²) in [7, 11) is 1.26. The number of amides is 2. The molecular weight excluding hydrogens is 398 g/mol. The number of esters is 1. The van der Waals surface area contributed by atoms with Gasteiger partial charge < -0.3 is 9.84 Å². The Bertz CT molecular complexity index is 1030. The number of methoxy groups -OCH3 is 1. The van der Waals surface area contributed by atoms with E-state index in [1.54, 1.807) is 6.92 Å². The number of ether oxygens (including phenoxy) is 1. The number of nitrogens with zero attached hydrogens (tertiary/aromatic N) is 3. The Balaban J connectivity index is 1.97. The van der Waals surface area contributed by atoms with Gasteiger partial charge in [0, 0.05) is 13.0 Å². The van der Waals surface area contributed by atoms with Crippen molar-refractivity contribution in [2.24, 2.45) is 0 Å². The van der Waals surface area contributed by atoms with E-state index in [1.807, 2.05) is 0 Å². The quantitative estimate of drug-likeness (QED) is 0.415. The Morgan fingerprint density at radius 3 is 2.72 bits per heavy atom. The summed E-state index contributed by atoms with van der Waals surface area (Å²) in [4.78, 5) is 54.4. The van der Waals surface area contributed by atoms with E-state index in [4.69, 9.17) is 4.74 Å². The standard InChI is InChI=1S/C19H21N3O6S/c1-11(23)9-22-17(26)13-6-5-12(18(27)28-2)8-14(13)20-19(22)29-10-16(25)21-7-3-4-15(21)24/h5-6,8,11,23H,3-4,7,9-10H2,1-2H3/t11-/m1/s1. The molecule has 0 spiro atoms. The summed E-state index contributed by atoms with van der Waals surface area (Å²) in [6.07, 6.45) is 0.191. The van der Waals surface area contributed by atoms with Crippen LogP contribution in [0.25, 0.3) is 10.9 Å². The first kappa shape index (κ1) is 21.0. The minimum absolute atomic E-state index is 0.000303. The van der Waals surface area contributed by atoms with Gasteiger partial charge in [-0.3, -0.25) is 23.9 Å². The van der Waals surface area contributed by atoms with E-state index in [2.05, 4.69) is 4.98 Å². The van der Waals surface area contributed by atoms with Gasteiger partial charge in [-0.2, -0.15) is 0 Å². The molecule has 1 aliphatic heterocycles. The number of hydrogen-bond donors (Lipinski definition) is 1. The van der Waals surface area contributed by atoms with Crippen LogP contribution in [0, 0.1) is 0 Å². The maximum Gasteiger partial charge on any atom is 0.337 e. The van der Waals surface area contributed by atoms with Crippen LogP contribution in [-0.2, 0) is 20.9 Å². The van der Waals surface area contributed by atoms with Gasteiger partial charge in [0.2, 0.25) is 11.8 Å². The Morgan fingerprint density at radius 1 is 1.34 bits per heavy atom. The molecule has 2 aromatic rings. The number of rotatable bonds is 6. The zero-order chi connectivity index (χ0) is 21.1. The first-order valence-electron chi connectivity index (χ1n) is 9.08. The maximum atomic E-state index is 12.9. The number of aliphatic hydroxyl groups excluding tert-OH is 1. The lowest BCUT2D eigenvalue weighted by Crippen LogP contribution is -2.34. The highest BCUT2D eigenvalue weighted by molar-refractivity contribution is 7.99. The third-order valence-corrected chi connectivity index (χ3v) is 5.45. The molecule has 1 fully saturated rings. The van der Waals surface area contributed by atoms with Crippen LogP contribution in [-0.4, -0.2) is 62.9 Å². The zero-order valence-corrected chi connectivity index (χ0v) is 16.9. The largest absolute Gasteiger partial charge is 0.465 e. The van der Waals surface area contributed by atoms with Gasteiger partial charge in [-0.15, -0.1) is 0 Å². The van der Waals surface area contributed by atoms with Gasteiger partial charge >= 0.3 is 5.97 Å². The number of aromatic nitrogens is 2. The Hall–Kier alpha value is -2.72. The topological polar surface area (TPSA) is 119 Å². The number of likely N-dealkylation sites (tertiary alicyclic amines) is 1. The summed E-state index contributed by atoms with van der Waals surface area (Å²) in [6, 6.07) is 4.41. The van der Waals surface area contributed by atoms with Crippen LogP contribution in [0.15, 0.2) is 28.2 Å². The fourth-order valence-corrected chi connectivity index (χ4v) is 3.98. The van der Waals surface area contributed by atoms with Gasteiger partial charge in [0.25, 0.3) is 5.56 Å². The van der Waals surface area contributed by atoms with E-state index in [0.29, 0.717) is 19.4 Å². The Labute approximate surface area is 170 Å². The molecule has 2 amide bonds. The highest BCUT2D eigenvalue weighted by Gasteiger charge is 2.26. The second kappa shape index (κ2) is 8.75. The molecule has 0 unspecified atom stereocenters. The molecule has 0 aliphatic carbocycles. The third kappa shape index (κ3) is 4.48. The summed E-state index contributed by atoms with van der Waals surface area (Å²) >= 11 is 1.02. The minimum Gasteiger partial charge on any atom is -0.465 e. The average Bonchev–Trinajstić information content (AvgIpc) is 3.13. The number of fused-ring (bicyclic) bond motifs is 1. The summed E-state index contributed by atoms with van der Waals surface area (Å²) in [6.45, 7) is 1.94. The molecule has 1 aliphatic rings. The van der Waals surface area contributed by atoms with Crippen LogP contribution in [0.5, 0.6) is 0 Å². The van der Waals surface area contributed by atoms with Gasteiger partial charge in [0.15, 0.2) is 5.16 Å². The predicted octanol–water partition coefficient (Wildman–Crippen LogP) is 0.805. The number of hydrogen-bond acceptors (Lipinski definition) is 8. The third-order valence-electron chi connectivity index (χ3n) is 4.49. The van der Waals surface area contributed by atoms with Crippen molar-refractivity contribution >= 4 is 40.4 Å². The molecule has 0 saturated carbocycles. The van der Waals surface area contributed by atoms with Crippen LogP contribution < -0.4 is 5.56 Å². The zero-order valence-electron chi connectivity index (χ0n) is 16.1. The first-order valence-corrected chi connectivity index (χ1v) is 10.1. The maximum absolute atomic E-state index is 12.9. The van der Waals surface area contributed by atoms with E-state index in [-0.39, 0.29) is 51.3 Å². The lowest BCUT2D eigenvalue weighted by molar-refractivity contribution is -0.140. The van der Waals surface area contributed by atoms with Crippen molar-refractivity contribution in [2.75, 3.05) is 19.4 Å². The molecule has 0 bridgehead atoms. The van der Waals surface area contributed by atoms with E-state index < -0.39 is 12.1 Å². The fourth-order valence-electron chi connectivity index (χ4n) is 3.10. The van der Waals surface area contributed by atoms with Gasteiger partial charge in [-0.1, -0.05) is 11.8 Å². The summed E-state index contributed by atoms with van der Waals surface area (Å²) in [5, 5.41) is 10.3. The van der Waals surface area contributed by atoms with Crippen molar-refractivity contribution < 1.29 is 24.2 Å². The lowest BCUT2D eigenvalue weighted by atomic mass is 10.1. The van der Waals surface area contributed by atoms with Crippen LogP contribution in [0.2, 0.25) is 0 Å². The predicted molar refractivity (Wildman–Crippen MR) is 106 cm³/mol. The highest BCUT2D eigenvalue weighted by atomic mass is 32.2. The monoisotopic (exact) mass is 419 g/mol. The van der Waals surface area contributed by atoms with E-state index in [0.717, 1.165) is 11.8 Å². The Kier molecular flexibility index (Phi) is 6.33. The number of carbonyl (C=O) groups excluding carboxylic acids is 3. The second-order valence-electron chi connectivity index (χ2n) is 6.71. The smallest absolute Gasteiger partial charge is 0.337 e. The number of benzene rings is 1. The normalized spacial score (nSPS) is 15.0. The summed E-state index contributed by atoms with van der Waals surface area (Å²) in [5.41, 5.74) is 0.140. The molecule has 2 heterocycles. The van der Waals surface area contributed by atoms with Crippen molar-refractivity contribution in [3.63, 3.8) is 0 Å². The molecule has 9 nitrogen and oxygen atoms in total. The summed E-state index contributed by atoms with van der Waals surface area (Å²) in [5.74, 6) is -1.18. The number of thioether (sulfide) groups is 1. The number of imide groups is 1. The first-order chi connectivity index (χ1) is 13.8. The Morgan fingerprint density at radius 2 is 2.10 bits per heavy atom. The van der Waals surface area contributed by atoms with Gasteiger partial charge in [-0.25, -0.2) is 9.78 Å². The average molecular weight is 419 g/mol. The molecular formula is C19H21N3O6S. The van der Waals surface area contributed by atoms with Crippen molar-refractivity contribution in [2.45, 2.75) is 37.6 Å². The van der Waals surface area contributed by atoms with Crippen LogP contribution in [0.4, 0.5) is 0 Å². The SMILES string of the molecule is COC(=O)c1ccc2c(=O)n(C[C@@H](C)O)c(SCC(=O)N3CCCC3=O)nc2c1. The summed E-state index contributed by atoms with van der Waals surface area (Å²) < 4.78 is 6.00. The molecule has 3 rings (SSSR count). The van der Waals surface area contributed by atoms with E-state index in [9.17, 15) is 24.3 Å². The van der Waals surface area contributed by atoms with Crippen molar-refractivity contribution in [3.05, 3.63) is 34.1 Å². The molecule has 1 aromatic heterocycles. The van der Waals surface area contributed by atoms with Gasteiger partial charge in [-0.05, 0) is 31.5 Å². The lowest BCUT2D eigenvalue weighted by Gasteiger charge is -2.16. The molecule has 1 aromatic carbocycles. The van der Waals surface area contributed by atoms with Crippen LogP contribution in [0.3, 0.4) is 0 Å². The van der Waals surface area contributed by atoms with E-state index >= 15 is 0 Å². The molecule has 154 valence electrons. The van der Waals surface area contributed by atoms with Crippen LogP contribution >= 0.6 is 11.8 Å². The minimum atomic E-state index is -0.809. The molecule has 1 saturated heterocycles. The fraction of sp³-hybridized carbons (Fsp3) is 0.421. The van der Waals surface area contributed by atoms with Crippen molar-refractivity contribution in [1.29, 1.82) is 0 Å².